The molecule has 1 N–H and O–H groups in total. The van der Waals surface area contributed by atoms with E-state index in [2.05, 4.69) is 17.2 Å². The predicted octanol–water partition coefficient (Wildman–Crippen LogP) is 3.58. The number of nitrogens with one attached hydrogen (secondary N) is 1. The molecular formula is C16H19FN2O. The largest absolute Gasteiger partial charge is 0.384 e. The molecule has 0 unspecified atom stereocenters. The first-order valence-corrected chi connectivity index (χ1v) is 7.14. The van der Waals surface area contributed by atoms with E-state index in [1.54, 1.807) is 6.92 Å². The number of anilines is 1. The van der Waals surface area contributed by atoms with Gasteiger partial charge in [-0.1, -0.05) is 6.92 Å². The SMILES string of the molecule is CCCNc1c2c(nc3cc(F)c(C)cc13)CCOC2. The van der Waals surface area contributed by atoms with Crippen molar-refractivity contribution in [3.63, 3.8) is 0 Å². The van der Waals surface area contributed by atoms with Crippen LogP contribution in [0.25, 0.3) is 10.9 Å². The van der Waals surface area contributed by atoms with Crippen LogP contribution in [-0.2, 0) is 17.8 Å². The smallest absolute Gasteiger partial charge is 0.128 e. The van der Waals surface area contributed by atoms with Gasteiger partial charge in [0.05, 0.1) is 30.1 Å². The highest BCUT2D eigenvalue weighted by Crippen LogP contribution is 2.32. The molecule has 2 aromatic rings. The minimum atomic E-state index is -0.196. The van der Waals surface area contributed by atoms with Crippen LogP contribution in [0.4, 0.5) is 10.1 Å². The Kier molecular flexibility index (Phi) is 3.57. The molecule has 20 heavy (non-hydrogen) atoms. The van der Waals surface area contributed by atoms with Gasteiger partial charge in [0.2, 0.25) is 0 Å². The molecule has 2 heterocycles. The second kappa shape index (κ2) is 5.37. The number of nitrogens with zero attached hydrogens (tertiary/aromatic N) is 1. The third kappa shape index (κ3) is 2.24. The Morgan fingerprint density at radius 2 is 2.25 bits per heavy atom. The summed E-state index contributed by atoms with van der Waals surface area (Å²) in [7, 11) is 0. The zero-order valence-corrected chi connectivity index (χ0v) is 11.9. The molecular weight excluding hydrogens is 255 g/mol. The van der Waals surface area contributed by atoms with E-state index in [-0.39, 0.29) is 5.82 Å². The van der Waals surface area contributed by atoms with Crippen LogP contribution in [0.15, 0.2) is 12.1 Å². The van der Waals surface area contributed by atoms with Crippen molar-refractivity contribution in [2.24, 2.45) is 0 Å². The lowest BCUT2D eigenvalue weighted by Crippen LogP contribution is -2.16. The number of ether oxygens (including phenoxy) is 1. The molecule has 0 bridgehead atoms. The van der Waals surface area contributed by atoms with Gasteiger partial charge in [-0.25, -0.2) is 4.39 Å². The Labute approximate surface area is 118 Å². The average molecular weight is 274 g/mol. The molecule has 0 saturated carbocycles. The highest BCUT2D eigenvalue weighted by Gasteiger charge is 2.19. The molecule has 0 amide bonds. The summed E-state index contributed by atoms with van der Waals surface area (Å²) < 4.78 is 19.3. The van der Waals surface area contributed by atoms with Gasteiger partial charge in [0.15, 0.2) is 0 Å². The summed E-state index contributed by atoms with van der Waals surface area (Å²) in [6.07, 6.45) is 1.83. The fourth-order valence-corrected chi connectivity index (χ4v) is 2.64. The van der Waals surface area contributed by atoms with E-state index in [9.17, 15) is 4.39 Å². The van der Waals surface area contributed by atoms with Crippen molar-refractivity contribution in [2.75, 3.05) is 18.5 Å². The zero-order valence-electron chi connectivity index (χ0n) is 11.9. The number of benzene rings is 1. The Bertz CT molecular complexity index is 655. The third-order valence-corrected chi connectivity index (χ3v) is 3.73. The van der Waals surface area contributed by atoms with Crippen LogP contribution in [0.5, 0.6) is 0 Å². The molecule has 1 aromatic carbocycles. The lowest BCUT2D eigenvalue weighted by Gasteiger charge is -2.22. The van der Waals surface area contributed by atoms with Gasteiger partial charge in [-0.15, -0.1) is 0 Å². The van der Waals surface area contributed by atoms with E-state index >= 15 is 0 Å². The molecule has 0 saturated heterocycles. The molecule has 1 aliphatic rings. The van der Waals surface area contributed by atoms with Gasteiger partial charge in [0.25, 0.3) is 0 Å². The Hall–Kier alpha value is -1.68. The highest BCUT2D eigenvalue weighted by molar-refractivity contribution is 5.94. The van der Waals surface area contributed by atoms with Crippen LogP contribution in [0.1, 0.15) is 30.2 Å². The summed E-state index contributed by atoms with van der Waals surface area (Å²) in [5.74, 6) is -0.196. The number of fused-ring (bicyclic) bond motifs is 2. The van der Waals surface area contributed by atoms with Gasteiger partial charge in [-0.05, 0) is 25.0 Å². The lowest BCUT2D eigenvalue weighted by atomic mass is 10.0. The van der Waals surface area contributed by atoms with Crippen molar-refractivity contribution in [1.82, 2.24) is 4.98 Å². The van der Waals surface area contributed by atoms with Crippen LogP contribution in [0.3, 0.4) is 0 Å². The number of hydrogen-bond donors (Lipinski definition) is 1. The summed E-state index contributed by atoms with van der Waals surface area (Å²) in [6.45, 7) is 6.08. The summed E-state index contributed by atoms with van der Waals surface area (Å²) in [5.41, 5.74) is 4.60. The van der Waals surface area contributed by atoms with Crippen molar-refractivity contribution in [3.05, 3.63) is 34.8 Å². The van der Waals surface area contributed by atoms with Crippen LogP contribution < -0.4 is 5.32 Å². The fourth-order valence-electron chi connectivity index (χ4n) is 2.64. The van der Waals surface area contributed by atoms with Crippen molar-refractivity contribution in [2.45, 2.75) is 33.3 Å². The molecule has 1 aliphatic heterocycles. The van der Waals surface area contributed by atoms with Gasteiger partial charge >= 0.3 is 0 Å². The number of aromatic nitrogens is 1. The van der Waals surface area contributed by atoms with E-state index in [4.69, 9.17) is 4.74 Å². The standard InChI is InChI=1S/C16H19FN2O/c1-3-5-18-16-11-7-10(2)13(17)8-15(11)19-14-4-6-20-9-12(14)16/h7-8H,3-6,9H2,1-2H3,(H,18,19). The van der Waals surface area contributed by atoms with Crippen LogP contribution in [-0.4, -0.2) is 18.1 Å². The third-order valence-electron chi connectivity index (χ3n) is 3.73. The predicted molar refractivity (Wildman–Crippen MR) is 78.6 cm³/mol. The monoisotopic (exact) mass is 274 g/mol. The second-order valence-corrected chi connectivity index (χ2v) is 5.26. The maximum absolute atomic E-state index is 13.8. The van der Waals surface area contributed by atoms with Crippen molar-refractivity contribution < 1.29 is 9.13 Å². The lowest BCUT2D eigenvalue weighted by molar-refractivity contribution is 0.110. The quantitative estimate of drug-likeness (QED) is 0.929. The van der Waals surface area contributed by atoms with Crippen LogP contribution >= 0.6 is 0 Å². The van der Waals surface area contributed by atoms with Gasteiger partial charge in [0.1, 0.15) is 5.82 Å². The van der Waals surface area contributed by atoms with E-state index < -0.39 is 0 Å². The molecule has 106 valence electrons. The topological polar surface area (TPSA) is 34.2 Å². The molecule has 0 fully saturated rings. The Balaban J connectivity index is 2.24. The molecule has 0 atom stereocenters. The van der Waals surface area contributed by atoms with Gasteiger partial charge in [-0.2, -0.15) is 0 Å². The molecule has 3 rings (SSSR count). The summed E-state index contributed by atoms with van der Waals surface area (Å²) in [6, 6.07) is 3.42. The maximum Gasteiger partial charge on any atom is 0.128 e. The van der Waals surface area contributed by atoms with Crippen molar-refractivity contribution in [3.8, 4) is 0 Å². The van der Waals surface area contributed by atoms with Crippen molar-refractivity contribution in [1.29, 1.82) is 0 Å². The highest BCUT2D eigenvalue weighted by atomic mass is 19.1. The van der Waals surface area contributed by atoms with E-state index in [0.717, 1.165) is 47.2 Å². The van der Waals surface area contributed by atoms with Gasteiger partial charge < -0.3 is 10.1 Å². The fraction of sp³-hybridized carbons (Fsp3) is 0.438. The van der Waals surface area contributed by atoms with E-state index in [1.165, 1.54) is 6.07 Å². The van der Waals surface area contributed by atoms with Gasteiger partial charge in [0, 0.05) is 30.0 Å². The Morgan fingerprint density at radius 1 is 1.40 bits per heavy atom. The average Bonchev–Trinajstić information content (AvgIpc) is 2.45. The van der Waals surface area contributed by atoms with Crippen molar-refractivity contribution >= 4 is 16.6 Å². The van der Waals surface area contributed by atoms with Crippen LogP contribution in [0, 0.1) is 12.7 Å². The summed E-state index contributed by atoms with van der Waals surface area (Å²) in [5, 5.41) is 4.46. The first-order chi connectivity index (χ1) is 9.70. The minimum absolute atomic E-state index is 0.196. The normalized spacial score (nSPS) is 14.3. The van der Waals surface area contributed by atoms with E-state index in [1.807, 2.05) is 6.07 Å². The molecule has 0 spiro atoms. The molecule has 1 aromatic heterocycles. The first-order valence-electron chi connectivity index (χ1n) is 7.14. The maximum atomic E-state index is 13.8. The number of pyridine rings is 1. The van der Waals surface area contributed by atoms with Gasteiger partial charge in [-0.3, -0.25) is 4.98 Å². The molecule has 3 nitrogen and oxygen atoms in total. The van der Waals surface area contributed by atoms with Crippen LogP contribution in [0.2, 0.25) is 0 Å². The number of halogens is 1. The summed E-state index contributed by atoms with van der Waals surface area (Å²) in [4.78, 5) is 4.63. The minimum Gasteiger partial charge on any atom is -0.384 e. The number of hydrogen-bond acceptors (Lipinski definition) is 3. The zero-order chi connectivity index (χ0) is 14.1. The second-order valence-electron chi connectivity index (χ2n) is 5.26. The molecule has 4 heteroatoms. The van der Waals surface area contributed by atoms with E-state index in [0.29, 0.717) is 18.8 Å². The molecule has 0 aliphatic carbocycles. The Morgan fingerprint density at radius 3 is 3.05 bits per heavy atom. The summed E-state index contributed by atoms with van der Waals surface area (Å²) >= 11 is 0. The first kappa shape index (κ1) is 13.3. The number of rotatable bonds is 3. The number of aryl methyl sites for hydroxylation is 1. The molecule has 0 radical (unpaired) electrons.